The Morgan fingerprint density at radius 3 is 2.58 bits per heavy atom. The molecule has 160 valence electrons. The van der Waals surface area contributed by atoms with Crippen LogP contribution >= 0.6 is 15.9 Å². The van der Waals surface area contributed by atoms with E-state index in [0.29, 0.717) is 23.9 Å². The van der Waals surface area contributed by atoms with E-state index in [1.807, 2.05) is 61.5 Å². The van der Waals surface area contributed by atoms with E-state index >= 15 is 0 Å². The summed E-state index contributed by atoms with van der Waals surface area (Å²) in [6.45, 7) is 2.26. The predicted octanol–water partition coefficient (Wildman–Crippen LogP) is 4.87. The molecule has 0 aliphatic rings. The Bertz CT molecular complexity index is 1050. The van der Waals surface area contributed by atoms with Crippen LogP contribution in [0.1, 0.15) is 16.7 Å². The van der Waals surface area contributed by atoms with Crippen molar-refractivity contribution < 1.29 is 19.0 Å². The lowest BCUT2D eigenvalue weighted by Gasteiger charge is -2.11. The molecule has 6 nitrogen and oxygen atoms in total. The number of carbonyl (C=O) groups is 1. The molecule has 3 aromatic rings. The lowest BCUT2D eigenvalue weighted by Crippen LogP contribution is -2.24. The van der Waals surface area contributed by atoms with Crippen molar-refractivity contribution in [3.05, 3.63) is 87.9 Å². The fraction of sp³-hybridized carbons (Fsp3) is 0.167. The van der Waals surface area contributed by atoms with Gasteiger partial charge in [0.05, 0.1) is 13.3 Å². The highest BCUT2D eigenvalue weighted by Gasteiger charge is 2.06. The van der Waals surface area contributed by atoms with Crippen LogP contribution in [0.3, 0.4) is 0 Å². The average Bonchev–Trinajstić information content (AvgIpc) is 2.79. The molecule has 0 aromatic heterocycles. The van der Waals surface area contributed by atoms with Crippen molar-refractivity contribution in [2.45, 2.75) is 13.5 Å². The van der Waals surface area contributed by atoms with E-state index in [1.165, 1.54) is 6.21 Å². The molecule has 0 aliphatic heterocycles. The van der Waals surface area contributed by atoms with Gasteiger partial charge in [-0.2, -0.15) is 5.10 Å². The monoisotopic (exact) mass is 482 g/mol. The van der Waals surface area contributed by atoms with Gasteiger partial charge in [0.25, 0.3) is 5.91 Å². The number of nitrogens with one attached hydrogen (secondary N) is 1. The normalized spacial score (nSPS) is 10.7. The zero-order valence-electron chi connectivity index (χ0n) is 17.3. The van der Waals surface area contributed by atoms with Crippen molar-refractivity contribution in [3.8, 4) is 17.2 Å². The van der Waals surface area contributed by atoms with E-state index in [4.69, 9.17) is 14.2 Å². The maximum Gasteiger partial charge on any atom is 0.277 e. The number of hydrogen-bond donors (Lipinski definition) is 1. The summed E-state index contributed by atoms with van der Waals surface area (Å²) in [6.07, 6.45) is 1.53. The topological polar surface area (TPSA) is 69.2 Å². The van der Waals surface area contributed by atoms with Gasteiger partial charge in [-0.15, -0.1) is 0 Å². The molecule has 0 radical (unpaired) electrons. The van der Waals surface area contributed by atoms with Crippen molar-refractivity contribution in [1.82, 2.24) is 5.43 Å². The Kier molecular flexibility index (Phi) is 8.06. The van der Waals surface area contributed by atoms with Gasteiger partial charge in [0.1, 0.15) is 12.4 Å². The third-order valence-corrected chi connectivity index (χ3v) is 5.22. The van der Waals surface area contributed by atoms with Crippen molar-refractivity contribution in [1.29, 1.82) is 0 Å². The Hall–Kier alpha value is -3.32. The minimum absolute atomic E-state index is 0.131. The fourth-order valence-corrected chi connectivity index (χ4v) is 2.93. The maximum atomic E-state index is 12.0. The van der Waals surface area contributed by atoms with Gasteiger partial charge in [-0.05, 0) is 60.0 Å². The summed E-state index contributed by atoms with van der Waals surface area (Å²) in [4.78, 5) is 12.0. The van der Waals surface area contributed by atoms with Crippen LogP contribution in [0.2, 0.25) is 0 Å². The lowest BCUT2D eigenvalue weighted by molar-refractivity contribution is -0.123. The van der Waals surface area contributed by atoms with Crippen molar-refractivity contribution in [2.75, 3.05) is 13.7 Å². The highest BCUT2D eigenvalue weighted by atomic mass is 79.9. The predicted molar refractivity (Wildman–Crippen MR) is 124 cm³/mol. The van der Waals surface area contributed by atoms with Crippen LogP contribution in [0.25, 0.3) is 0 Å². The molecule has 0 atom stereocenters. The Morgan fingerprint density at radius 1 is 1.03 bits per heavy atom. The molecular formula is C24H23BrN2O4. The number of carbonyl (C=O) groups excluding carboxylic acids is 1. The molecule has 31 heavy (non-hydrogen) atoms. The lowest BCUT2D eigenvalue weighted by atomic mass is 10.2. The van der Waals surface area contributed by atoms with Crippen molar-refractivity contribution in [3.63, 3.8) is 0 Å². The fourth-order valence-electron chi connectivity index (χ4n) is 2.69. The van der Waals surface area contributed by atoms with Crippen LogP contribution in [-0.2, 0) is 11.4 Å². The van der Waals surface area contributed by atoms with Gasteiger partial charge in [0.2, 0.25) is 0 Å². The molecular weight excluding hydrogens is 460 g/mol. The summed E-state index contributed by atoms with van der Waals surface area (Å²) in [7, 11) is 1.58. The third-order valence-electron chi connectivity index (χ3n) is 4.33. The Morgan fingerprint density at radius 2 is 1.84 bits per heavy atom. The summed E-state index contributed by atoms with van der Waals surface area (Å²) < 4.78 is 17.7. The molecule has 0 aliphatic carbocycles. The van der Waals surface area contributed by atoms with E-state index in [0.717, 1.165) is 21.2 Å². The van der Waals surface area contributed by atoms with E-state index in [9.17, 15) is 4.79 Å². The molecule has 0 spiro atoms. The number of methoxy groups -OCH3 is 1. The summed E-state index contributed by atoms with van der Waals surface area (Å²) >= 11 is 3.43. The number of ether oxygens (including phenoxy) is 3. The van der Waals surface area contributed by atoms with E-state index < -0.39 is 0 Å². The molecule has 0 fully saturated rings. The first kappa shape index (κ1) is 22.4. The highest BCUT2D eigenvalue weighted by molar-refractivity contribution is 9.10. The highest BCUT2D eigenvalue weighted by Crippen LogP contribution is 2.28. The standard InChI is InChI=1S/C24H23BrN2O4/c1-17-12-20(9-10-21(17)25)30-16-24(28)27-26-14-19-8-11-22(23(13-19)29-2)31-15-18-6-4-3-5-7-18/h3-14H,15-16H2,1-2H3,(H,27,28)/b26-14+. The van der Waals surface area contributed by atoms with Gasteiger partial charge in [0.15, 0.2) is 18.1 Å². The van der Waals surface area contributed by atoms with E-state index in [1.54, 1.807) is 19.2 Å². The summed E-state index contributed by atoms with van der Waals surface area (Å²) in [5.41, 5.74) is 5.31. The number of nitrogens with zero attached hydrogens (tertiary/aromatic N) is 1. The number of aryl methyl sites for hydroxylation is 1. The first-order valence-electron chi connectivity index (χ1n) is 9.61. The van der Waals surface area contributed by atoms with Crippen LogP contribution in [0, 0.1) is 6.92 Å². The van der Waals surface area contributed by atoms with Gasteiger partial charge in [-0.1, -0.05) is 46.3 Å². The maximum absolute atomic E-state index is 12.0. The summed E-state index contributed by atoms with van der Waals surface area (Å²) in [5.74, 6) is 1.48. The first-order valence-corrected chi connectivity index (χ1v) is 10.4. The molecule has 0 heterocycles. The Labute approximate surface area is 190 Å². The van der Waals surface area contributed by atoms with Crippen molar-refractivity contribution in [2.24, 2.45) is 5.10 Å². The molecule has 3 aromatic carbocycles. The first-order chi connectivity index (χ1) is 15.0. The van der Waals surface area contributed by atoms with Gasteiger partial charge < -0.3 is 14.2 Å². The summed E-state index contributed by atoms with van der Waals surface area (Å²) in [6, 6.07) is 20.8. The van der Waals surface area contributed by atoms with Gasteiger partial charge in [-0.25, -0.2) is 5.43 Å². The van der Waals surface area contributed by atoms with E-state index in [2.05, 4.69) is 26.5 Å². The minimum Gasteiger partial charge on any atom is -0.493 e. The molecule has 0 unspecified atom stereocenters. The third kappa shape index (κ3) is 6.86. The Balaban J connectivity index is 1.51. The smallest absolute Gasteiger partial charge is 0.277 e. The second-order valence-corrected chi connectivity index (χ2v) is 7.53. The van der Waals surface area contributed by atoms with Crippen LogP contribution < -0.4 is 19.6 Å². The second-order valence-electron chi connectivity index (χ2n) is 6.68. The number of amides is 1. The summed E-state index contributed by atoms with van der Waals surface area (Å²) in [5, 5.41) is 3.98. The molecule has 3 rings (SSSR count). The SMILES string of the molecule is COc1cc(/C=N/NC(=O)COc2ccc(Br)c(C)c2)ccc1OCc1ccccc1. The van der Waals surface area contributed by atoms with Gasteiger partial charge >= 0.3 is 0 Å². The largest absolute Gasteiger partial charge is 0.493 e. The van der Waals surface area contributed by atoms with Gasteiger partial charge in [0, 0.05) is 4.47 Å². The average molecular weight is 483 g/mol. The van der Waals surface area contributed by atoms with Crippen molar-refractivity contribution >= 4 is 28.1 Å². The van der Waals surface area contributed by atoms with E-state index in [-0.39, 0.29) is 12.5 Å². The number of hydrogen-bond acceptors (Lipinski definition) is 5. The van der Waals surface area contributed by atoms with Crippen LogP contribution in [0.4, 0.5) is 0 Å². The molecule has 0 bridgehead atoms. The van der Waals surface area contributed by atoms with Crippen LogP contribution in [0.15, 0.2) is 76.3 Å². The molecule has 0 saturated carbocycles. The van der Waals surface area contributed by atoms with Crippen LogP contribution in [0.5, 0.6) is 17.2 Å². The van der Waals surface area contributed by atoms with Crippen LogP contribution in [-0.4, -0.2) is 25.8 Å². The number of hydrazone groups is 1. The molecule has 1 N–H and O–H groups in total. The second kappa shape index (κ2) is 11.2. The zero-order chi connectivity index (χ0) is 22.1. The quantitative estimate of drug-likeness (QED) is 0.348. The minimum atomic E-state index is -0.355. The molecule has 7 heteroatoms. The number of benzene rings is 3. The molecule has 1 amide bonds. The molecule has 0 saturated heterocycles. The zero-order valence-corrected chi connectivity index (χ0v) is 18.9. The number of rotatable bonds is 9. The number of halogens is 1. The van der Waals surface area contributed by atoms with Gasteiger partial charge in [-0.3, -0.25) is 4.79 Å².